The molecule has 1 amide bonds. The summed E-state index contributed by atoms with van der Waals surface area (Å²) in [6, 6.07) is 15.3. The number of ether oxygens (including phenoxy) is 1. The van der Waals surface area contributed by atoms with Gasteiger partial charge in [0.05, 0.1) is 11.4 Å². The van der Waals surface area contributed by atoms with E-state index in [0.717, 1.165) is 18.4 Å². The van der Waals surface area contributed by atoms with Crippen molar-refractivity contribution in [3.05, 3.63) is 75.7 Å². The Labute approximate surface area is 182 Å². The standard InChI is InChI=1S/C25H29N3O3/c1-16(2)15-28-25(30)20-8-5-4-7-19(20)22(27-28)24(29)26-21-9-6-14-31-23(21)18-12-10-17(3)11-13-18/h4-5,7-8,10-13,16,21,23H,6,9,14-15H2,1-3H3,(H,26,29)/t21-,23-/m0/s1. The Hall–Kier alpha value is -2.99. The van der Waals surface area contributed by atoms with Crippen molar-refractivity contribution in [3.63, 3.8) is 0 Å². The van der Waals surface area contributed by atoms with Gasteiger partial charge in [0.1, 0.15) is 6.10 Å². The van der Waals surface area contributed by atoms with Crippen molar-refractivity contribution in [2.75, 3.05) is 6.61 Å². The highest BCUT2D eigenvalue weighted by atomic mass is 16.5. The number of hydrogen-bond donors (Lipinski definition) is 1. The lowest BCUT2D eigenvalue weighted by atomic mass is 9.95. The van der Waals surface area contributed by atoms with E-state index in [1.807, 2.05) is 32.9 Å². The van der Waals surface area contributed by atoms with Crippen LogP contribution < -0.4 is 10.9 Å². The summed E-state index contributed by atoms with van der Waals surface area (Å²) >= 11 is 0. The third kappa shape index (κ3) is 4.54. The van der Waals surface area contributed by atoms with Gasteiger partial charge in [0, 0.05) is 18.5 Å². The number of fused-ring (bicyclic) bond motifs is 1. The van der Waals surface area contributed by atoms with Gasteiger partial charge >= 0.3 is 0 Å². The van der Waals surface area contributed by atoms with E-state index in [0.29, 0.717) is 23.9 Å². The van der Waals surface area contributed by atoms with Gasteiger partial charge in [-0.05, 0) is 37.3 Å². The predicted molar refractivity (Wildman–Crippen MR) is 121 cm³/mol. The number of hydrogen-bond acceptors (Lipinski definition) is 4. The van der Waals surface area contributed by atoms with Crippen molar-refractivity contribution in [1.82, 2.24) is 15.1 Å². The van der Waals surface area contributed by atoms with Crippen LogP contribution in [0.15, 0.2) is 53.3 Å². The van der Waals surface area contributed by atoms with Gasteiger partial charge in [-0.1, -0.05) is 61.9 Å². The summed E-state index contributed by atoms with van der Waals surface area (Å²) in [5.41, 5.74) is 2.35. The molecule has 2 heterocycles. The van der Waals surface area contributed by atoms with Gasteiger partial charge in [-0.3, -0.25) is 9.59 Å². The lowest BCUT2D eigenvalue weighted by molar-refractivity contribution is -0.00952. The van der Waals surface area contributed by atoms with Crippen molar-refractivity contribution in [2.24, 2.45) is 5.92 Å². The second-order valence-electron chi connectivity index (χ2n) is 8.70. The molecule has 1 saturated heterocycles. The van der Waals surface area contributed by atoms with Gasteiger partial charge in [0.25, 0.3) is 11.5 Å². The fraction of sp³-hybridized carbons (Fsp3) is 0.400. The molecule has 0 aliphatic carbocycles. The molecule has 4 rings (SSSR count). The average molecular weight is 420 g/mol. The molecule has 0 saturated carbocycles. The molecular weight excluding hydrogens is 390 g/mol. The first kappa shape index (κ1) is 21.2. The van der Waals surface area contributed by atoms with E-state index in [-0.39, 0.29) is 35.2 Å². The summed E-state index contributed by atoms with van der Waals surface area (Å²) in [7, 11) is 0. The number of amides is 1. The molecule has 3 aromatic rings. The first-order valence-corrected chi connectivity index (χ1v) is 10.9. The minimum absolute atomic E-state index is 0.157. The molecule has 1 fully saturated rings. The second kappa shape index (κ2) is 9.02. The van der Waals surface area contributed by atoms with E-state index in [4.69, 9.17) is 4.74 Å². The van der Waals surface area contributed by atoms with Gasteiger partial charge < -0.3 is 10.1 Å². The third-order valence-electron chi connectivity index (χ3n) is 5.67. The maximum Gasteiger partial charge on any atom is 0.274 e. The Bertz CT molecular complexity index is 1130. The summed E-state index contributed by atoms with van der Waals surface area (Å²) in [4.78, 5) is 26.2. The second-order valence-corrected chi connectivity index (χ2v) is 8.70. The zero-order chi connectivity index (χ0) is 22.0. The first-order chi connectivity index (χ1) is 14.9. The number of benzene rings is 2. The molecule has 6 nitrogen and oxygen atoms in total. The van der Waals surface area contributed by atoms with E-state index < -0.39 is 0 Å². The zero-order valence-electron chi connectivity index (χ0n) is 18.3. The summed E-state index contributed by atoms with van der Waals surface area (Å²) in [5, 5.41) is 8.71. The third-order valence-corrected chi connectivity index (χ3v) is 5.67. The van der Waals surface area contributed by atoms with E-state index in [1.165, 1.54) is 10.2 Å². The first-order valence-electron chi connectivity index (χ1n) is 10.9. The van der Waals surface area contributed by atoms with E-state index >= 15 is 0 Å². The maximum absolute atomic E-state index is 13.4. The molecule has 0 unspecified atom stereocenters. The average Bonchev–Trinajstić information content (AvgIpc) is 2.76. The van der Waals surface area contributed by atoms with Crippen LogP contribution in [0.2, 0.25) is 0 Å². The number of aromatic nitrogens is 2. The van der Waals surface area contributed by atoms with Gasteiger partial charge in [0.2, 0.25) is 0 Å². The van der Waals surface area contributed by atoms with Gasteiger partial charge in [-0.2, -0.15) is 5.10 Å². The molecule has 1 N–H and O–H groups in total. The molecule has 1 aliphatic heterocycles. The Morgan fingerprint density at radius 2 is 1.87 bits per heavy atom. The molecule has 31 heavy (non-hydrogen) atoms. The van der Waals surface area contributed by atoms with Crippen molar-refractivity contribution in [1.29, 1.82) is 0 Å². The molecule has 0 spiro atoms. The largest absolute Gasteiger partial charge is 0.371 e. The Balaban J connectivity index is 1.68. The smallest absolute Gasteiger partial charge is 0.274 e. The highest BCUT2D eigenvalue weighted by Gasteiger charge is 2.30. The van der Waals surface area contributed by atoms with Crippen molar-refractivity contribution in [2.45, 2.75) is 52.3 Å². The number of carbonyl (C=O) groups excluding carboxylic acids is 1. The fourth-order valence-corrected chi connectivity index (χ4v) is 4.12. The van der Waals surface area contributed by atoms with Crippen LogP contribution in [-0.2, 0) is 11.3 Å². The fourth-order valence-electron chi connectivity index (χ4n) is 4.12. The monoisotopic (exact) mass is 419 g/mol. The van der Waals surface area contributed by atoms with Gasteiger partial charge in [0.15, 0.2) is 5.69 Å². The molecule has 1 aromatic heterocycles. The lowest BCUT2D eigenvalue weighted by Gasteiger charge is -2.32. The topological polar surface area (TPSA) is 73.2 Å². The number of rotatable bonds is 5. The van der Waals surface area contributed by atoms with Crippen molar-refractivity contribution in [3.8, 4) is 0 Å². The molecule has 2 atom stereocenters. The maximum atomic E-state index is 13.4. The Morgan fingerprint density at radius 1 is 1.16 bits per heavy atom. The normalized spacial score (nSPS) is 19.0. The molecule has 6 heteroatoms. The zero-order valence-corrected chi connectivity index (χ0v) is 18.3. The molecule has 162 valence electrons. The van der Waals surface area contributed by atoms with E-state index in [1.54, 1.807) is 12.1 Å². The molecule has 0 bridgehead atoms. The highest BCUT2D eigenvalue weighted by molar-refractivity contribution is 6.04. The van der Waals surface area contributed by atoms with Crippen LogP contribution in [0.3, 0.4) is 0 Å². The summed E-state index contributed by atoms with van der Waals surface area (Å²) < 4.78 is 7.46. The Kier molecular flexibility index (Phi) is 6.18. The van der Waals surface area contributed by atoms with Crippen LogP contribution in [0.25, 0.3) is 10.8 Å². The summed E-state index contributed by atoms with van der Waals surface area (Å²) in [6.45, 7) is 7.23. The number of nitrogens with zero attached hydrogens (tertiary/aromatic N) is 2. The van der Waals surface area contributed by atoms with Crippen LogP contribution in [0.1, 0.15) is 54.4 Å². The molecule has 1 aliphatic rings. The summed E-state index contributed by atoms with van der Waals surface area (Å²) in [6.07, 6.45) is 1.51. The quantitative estimate of drug-likeness (QED) is 0.678. The Morgan fingerprint density at radius 3 is 2.58 bits per heavy atom. The highest BCUT2D eigenvalue weighted by Crippen LogP contribution is 2.29. The minimum atomic E-state index is -0.277. The van der Waals surface area contributed by atoms with Crippen LogP contribution >= 0.6 is 0 Å². The number of nitrogens with one attached hydrogen (secondary N) is 1. The van der Waals surface area contributed by atoms with Gasteiger partial charge in [-0.25, -0.2) is 4.68 Å². The lowest BCUT2D eigenvalue weighted by Crippen LogP contribution is -2.43. The number of aryl methyl sites for hydroxylation is 1. The predicted octanol–water partition coefficient (Wildman–Crippen LogP) is 4.01. The van der Waals surface area contributed by atoms with Gasteiger partial charge in [-0.15, -0.1) is 0 Å². The number of carbonyl (C=O) groups is 1. The SMILES string of the molecule is Cc1ccc([C@@H]2OCCC[C@@H]2NC(=O)c2nn(CC(C)C)c(=O)c3ccccc23)cc1. The summed E-state index contributed by atoms with van der Waals surface area (Å²) in [5.74, 6) is -0.0405. The van der Waals surface area contributed by atoms with Crippen LogP contribution in [0, 0.1) is 12.8 Å². The molecule has 2 aromatic carbocycles. The van der Waals surface area contributed by atoms with Crippen molar-refractivity contribution < 1.29 is 9.53 Å². The molecular formula is C25H29N3O3. The van der Waals surface area contributed by atoms with E-state index in [2.05, 4.69) is 34.7 Å². The van der Waals surface area contributed by atoms with Crippen LogP contribution in [0.4, 0.5) is 0 Å². The van der Waals surface area contributed by atoms with Crippen LogP contribution in [0.5, 0.6) is 0 Å². The van der Waals surface area contributed by atoms with E-state index in [9.17, 15) is 9.59 Å². The minimum Gasteiger partial charge on any atom is -0.371 e. The van der Waals surface area contributed by atoms with Crippen LogP contribution in [-0.4, -0.2) is 28.3 Å². The molecule has 0 radical (unpaired) electrons. The van der Waals surface area contributed by atoms with Crippen molar-refractivity contribution >= 4 is 16.7 Å².